The Balaban J connectivity index is 0.000000283. The Morgan fingerprint density at radius 2 is 1.74 bits per heavy atom. The van der Waals surface area contributed by atoms with E-state index in [9.17, 15) is 9.59 Å². The highest BCUT2D eigenvalue weighted by molar-refractivity contribution is 6.30. The van der Waals surface area contributed by atoms with Crippen LogP contribution in [0.15, 0.2) is 85.1 Å². The van der Waals surface area contributed by atoms with Gasteiger partial charge in [0.25, 0.3) is 0 Å². The summed E-state index contributed by atoms with van der Waals surface area (Å²) in [6, 6.07) is 23.1. The number of carboxylic acid groups (broad SMARTS) is 1. The number of para-hydroxylation sites is 2. The van der Waals surface area contributed by atoms with Crippen molar-refractivity contribution in [3.05, 3.63) is 107 Å². The monoisotopic (exact) mass is 534 g/mol. The molecule has 5 rings (SSSR count). The van der Waals surface area contributed by atoms with E-state index >= 15 is 0 Å². The third-order valence-corrected chi connectivity index (χ3v) is 6.14. The van der Waals surface area contributed by atoms with E-state index in [1.54, 1.807) is 26.4 Å². The van der Waals surface area contributed by atoms with Gasteiger partial charge < -0.3 is 29.2 Å². The standard InChI is InChI=1S/C21H17ClN2O4.C8H10O2/c22-15-6-7-17-14(9-15)12-28-19(18-5-2-8-24(17)18)11-20(25)23-16-4-1-3-13(10-16)21(26)27;1-9-7-5-3-4-6-8(7)10-2/h1-10,19H,11-12H2,(H,23,25)(H,26,27);3-6H,1-2H3. The maximum atomic E-state index is 12.6. The molecule has 38 heavy (non-hydrogen) atoms. The molecule has 2 heterocycles. The number of carbonyl (C=O) groups excluding carboxylic acids is 1. The van der Waals surface area contributed by atoms with Crippen LogP contribution in [0.25, 0.3) is 5.69 Å². The Labute approximate surface area is 225 Å². The summed E-state index contributed by atoms with van der Waals surface area (Å²) in [7, 11) is 3.25. The minimum Gasteiger partial charge on any atom is -0.493 e. The predicted molar refractivity (Wildman–Crippen MR) is 145 cm³/mol. The summed E-state index contributed by atoms with van der Waals surface area (Å²) in [6.07, 6.45) is 1.59. The number of benzene rings is 3. The van der Waals surface area contributed by atoms with Crippen LogP contribution in [0.5, 0.6) is 11.5 Å². The van der Waals surface area contributed by atoms with Crippen LogP contribution >= 0.6 is 11.6 Å². The molecule has 196 valence electrons. The molecule has 0 saturated heterocycles. The maximum Gasteiger partial charge on any atom is 0.335 e. The van der Waals surface area contributed by atoms with Gasteiger partial charge in [0.1, 0.15) is 6.10 Å². The molecule has 4 aromatic rings. The van der Waals surface area contributed by atoms with Crippen molar-refractivity contribution in [2.45, 2.75) is 19.1 Å². The Hall–Kier alpha value is -4.27. The van der Waals surface area contributed by atoms with E-state index in [1.165, 1.54) is 12.1 Å². The SMILES string of the molecule is COc1ccccc1OC.O=C(CC1OCc2cc(Cl)ccc2-n2cccc21)Nc1cccc(C(=O)O)c1. The molecule has 0 saturated carbocycles. The van der Waals surface area contributed by atoms with Crippen molar-refractivity contribution in [2.75, 3.05) is 19.5 Å². The van der Waals surface area contributed by atoms with Crippen molar-refractivity contribution in [3.63, 3.8) is 0 Å². The number of anilines is 1. The van der Waals surface area contributed by atoms with Crippen LogP contribution in [-0.4, -0.2) is 35.8 Å². The Morgan fingerprint density at radius 1 is 1.00 bits per heavy atom. The first-order valence-corrected chi connectivity index (χ1v) is 12.1. The molecule has 3 aromatic carbocycles. The second kappa shape index (κ2) is 12.3. The Morgan fingerprint density at radius 3 is 2.42 bits per heavy atom. The van der Waals surface area contributed by atoms with Crippen molar-refractivity contribution in [1.29, 1.82) is 0 Å². The highest BCUT2D eigenvalue weighted by Gasteiger charge is 2.25. The van der Waals surface area contributed by atoms with Crippen LogP contribution in [0.2, 0.25) is 5.02 Å². The van der Waals surface area contributed by atoms with E-state index in [4.69, 9.17) is 30.9 Å². The van der Waals surface area contributed by atoms with Crippen LogP contribution in [0.3, 0.4) is 0 Å². The van der Waals surface area contributed by atoms with E-state index in [-0.39, 0.29) is 17.9 Å². The molecule has 1 amide bonds. The first kappa shape index (κ1) is 26.8. The number of aromatic nitrogens is 1. The molecule has 0 spiro atoms. The van der Waals surface area contributed by atoms with Gasteiger partial charge in [0, 0.05) is 22.5 Å². The summed E-state index contributed by atoms with van der Waals surface area (Å²) in [5.41, 5.74) is 3.34. The topological polar surface area (TPSA) is 99.0 Å². The van der Waals surface area contributed by atoms with Gasteiger partial charge in [-0.2, -0.15) is 0 Å². The van der Waals surface area contributed by atoms with E-state index in [2.05, 4.69) is 5.32 Å². The number of fused-ring (bicyclic) bond motifs is 3. The fraction of sp³-hybridized carbons (Fsp3) is 0.172. The van der Waals surface area contributed by atoms with E-state index in [0.717, 1.165) is 28.4 Å². The molecule has 1 aliphatic rings. The van der Waals surface area contributed by atoms with Gasteiger partial charge in [0.15, 0.2) is 11.5 Å². The number of nitrogens with zero attached hydrogens (tertiary/aromatic N) is 1. The number of hydrogen-bond acceptors (Lipinski definition) is 5. The van der Waals surface area contributed by atoms with Gasteiger partial charge >= 0.3 is 5.97 Å². The van der Waals surface area contributed by atoms with E-state index in [1.807, 2.05) is 65.4 Å². The van der Waals surface area contributed by atoms with Crippen molar-refractivity contribution >= 4 is 29.2 Å². The zero-order valence-corrected chi connectivity index (χ0v) is 21.6. The number of rotatable bonds is 6. The number of amides is 1. The van der Waals surface area contributed by atoms with Gasteiger partial charge in [-0.15, -0.1) is 0 Å². The van der Waals surface area contributed by atoms with Gasteiger partial charge in [-0.05, 0) is 60.7 Å². The zero-order valence-electron chi connectivity index (χ0n) is 20.9. The smallest absolute Gasteiger partial charge is 0.335 e. The fourth-order valence-corrected chi connectivity index (χ4v) is 4.31. The molecule has 0 fully saturated rings. The minimum atomic E-state index is -1.04. The average molecular weight is 535 g/mol. The van der Waals surface area contributed by atoms with Crippen molar-refractivity contribution in [2.24, 2.45) is 0 Å². The summed E-state index contributed by atoms with van der Waals surface area (Å²) >= 11 is 6.11. The highest BCUT2D eigenvalue weighted by atomic mass is 35.5. The number of aromatic carboxylic acids is 1. The largest absolute Gasteiger partial charge is 0.493 e. The summed E-state index contributed by atoms with van der Waals surface area (Å²) in [5.74, 6) is 0.233. The molecule has 0 radical (unpaired) electrons. The molecule has 0 bridgehead atoms. The summed E-state index contributed by atoms with van der Waals surface area (Å²) in [6.45, 7) is 0.337. The van der Waals surface area contributed by atoms with Gasteiger partial charge in [-0.25, -0.2) is 4.79 Å². The third-order valence-electron chi connectivity index (χ3n) is 5.90. The number of halogens is 1. The first-order valence-electron chi connectivity index (χ1n) is 11.8. The van der Waals surface area contributed by atoms with Crippen molar-refractivity contribution < 1.29 is 28.9 Å². The number of ether oxygens (including phenoxy) is 3. The molecular weight excluding hydrogens is 508 g/mol. The zero-order chi connectivity index (χ0) is 27.1. The van der Waals surface area contributed by atoms with Crippen LogP contribution < -0.4 is 14.8 Å². The van der Waals surface area contributed by atoms with E-state index < -0.39 is 12.1 Å². The maximum absolute atomic E-state index is 12.6. The number of methoxy groups -OCH3 is 2. The first-order chi connectivity index (χ1) is 18.4. The average Bonchev–Trinajstić information content (AvgIpc) is 3.36. The van der Waals surface area contributed by atoms with Gasteiger partial charge in [-0.1, -0.05) is 29.8 Å². The predicted octanol–water partition coefficient (Wildman–Crippen LogP) is 6.13. The molecule has 1 aromatic heterocycles. The highest BCUT2D eigenvalue weighted by Crippen LogP contribution is 2.33. The second-order valence-corrected chi connectivity index (χ2v) is 8.81. The lowest BCUT2D eigenvalue weighted by molar-refractivity contribution is -0.119. The quantitative estimate of drug-likeness (QED) is 0.308. The van der Waals surface area contributed by atoms with Gasteiger partial charge in [0.2, 0.25) is 5.91 Å². The minimum absolute atomic E-state index is 0.100. The number of nitrogens with one attached hydrogen (secondary N) is 1. The van der Waals surface area contributed by atoms with Crippen LogP contribution in [-0.2, 0) is 16.1 Å². The lowest BCUT2D eigenvalue weighted by Crippen LogP contribution is -2.18. The molecule has 8 nitrogen and oxygen atoms in total. The summed E-state index contributed by atoms with van der Waals surface area (Å²) < 4.78 is 18.0. The summed E-state index contributed by atoms with van der Waals surface area (Å²) in [5, 5.41) is 12.5. The molecule has 2 N–H and O–H groups in total. The van der Waals surface area contributed by atoms with Crippen LogP contribution in [0, 0.1) is 0 Å². The lowest BCUT2D eigenvalue weighted by Gasteiger charge is -2.16. The van der Waals surface area contributed by atoms with Crippen LogP contribution in [0.4, 0.5) is 5.69 Å². The number of carboxylic acids is 1. The molecule has 1 unspecified atom stereocenters. The van der Waals surface area contributed by atoms with Gasteiger partial charge in [-0.3, -0.25) is 4.79 Å². The summed E-state index contributed by atoms with van der Waals surface area (Å²) in [4.78, 5) is 23.7. The Bertz CT molecular complexity index is 1410. The van der Waals surface area contributed by atoms with E-state index in [0.29, 0.717) is 17.3 Å². The number of hydrogen-bond donors (Lipinski definition) is 2. The third kappa shape index (κ3) is 6.34. The lowest BCUT2D eigenvalue weighted by atomic mass is 10.1. The van der Waals surface area contributed by atoms with Crippen molar-refractivity contribution in [1.82, 2.24) is 4.57 Å². The normalized spacial score (nSPS) is 13.6. The molecule has 0 aliphatic carbocycles. The van der Waals surface area contributed by atoms with Gasteiger partial charge in [0.05, 0.1) is 44.2 Å². The molecule has 9 heteroatoms. The van der Waals surface area contributed by atoms with Crippen LogP contribution in [0.1, 0.15) is 34.1 Å². The Kier molecular flexibility index (Phi) is 8.68. The van der Waals surface area contributed by atoms with Crippen molar-refractivity contribution in [3.8, 4) is 17.2 Å². The molecule has 1 aliphatic heterocycles. The second-order valence-electron chi connectivity index (χ2n) is 8.37. The number of carbonyl (C=O) groups is 2. The molecule has 1 atom stereocenters. The fourth-order valence-electron chi connectivity index (χ4n) is 4.12. The molecular formula is C29H27ClN2O6.